The molecule has 0 aliphatic carbocycles. The first-order valence-corrected chi connectivity index (χ1v) is 7.44. The molecule has 0 unspecified atom stereocenters. The molecule has 0 amide bonds. The zero-order valence-corrected chi connectivity index (χ0v) is 12.8. The minimum absolute atomic E-state index is 0.0178. The van der Waals surface area contributed by atoms with Gasteiger partial charge in [-0.25, -0.2) is 9.48 Å². The summed E-state index contributed by atoms with van der Waals surface area (Å²) in [5, 5.41) is 17.6. The van der Waals surface area contributed by atoms with Crippen molar-refractivity contribution < 1.29 is 9.90 Å². The van der Waals surface area contributed by atoms with E-state index in [4.69, 9.17) is 28.3 Å². The maximum atomic E-state index is 10.9. The quantitative estimate of drug-likeness (QED) is 0.850. The second-order valence-corrected chi connectivity index (χ2v) is 5.96. The van der Waals surface area contributed by atoms with Crippen molar-refractivity contribution in [2.24, 2.45) is 0 Å². The van der Waals surface area contributed by atoms with Crippen molar-refractivity contribution in [3.63, 3.8) is 0 Å². The Morgan fingerprint density at radius 1 is 1.45 bits per heavy atom. The van der Waals surface area contributed by atoms with Crippen molar-refractivity contribution in [1.29, 1.82) is 0 Å². The Kier molecular flexibility index (Phi) is 4.91. The van der Waals surface area contributed by atoms with Crippen molar-refractivity contribution in [2.45, 2.75) is 18.4 Å². The van der Waals surface area contributed by atoms with Gasteiger partial charge < -0.3 is 5.11 Å². The van der Waals surface area contributed by atoms with E-state index < -0.39 is 5.97 Å². The van der Waals surface area contributed by atoms with E-state index in [1.165, 1.54) is 11.8 Å². The molecule has 0 aliphatic heterocycles. The van der Waals surface area contributed by atoms with Crippen LogP contribution in [0, 0.1) is 6.92 Å². The Morgan fingerprint density at radius 2 is 2.20 bits per heavy atom. The zero-order valence-electron chi connectivity index (χ0n) is 10.5. The summed E-state index contributed by atoms with van der Waals surface area (Å²) in [5.41, 5.74) is 0.520. The Hall–Kier alpha value is -1.24. The zero-order chi connectivity index (χ0) is 14.7. The molecule has 0 saturated heterocycles. The van der Waals surface area contributed by atoms with Gasteiger partial charge in [0.2, 0.25) is 0 Å². The van der Waals surface area contributed by atoms with Crippen molar-refractivity contribution in [3.05, 3.63) is 39.6 Å². The number of carboxylic acid groups (broad SMARTS) is 1. The van der Waals surface area contributed by atoms with Crippen molar-refractivity contribution >= 4 is 40.9 Å². The summed E-state index contributed by atoms with van der Waals surface area (Å²) in [4.78, 5) is 11.7. The molecule has 1 aromatic heterocycles. The fourth-order valence-corrected chi connectivity index (χ4v) is 3.02. The number of carbonyl (C=O) groups is 1. The van der Waals surface area contributed by atoms with Crippen LogP contribution in [0.5, 0.6) is 0 Å². The van der Waals surface area contributed by atoms with Crippen LogP contribution < -0.4 is 0 Å². The van der Waals surface area contributed by atoms with Crippen molar-refractivity contribution in [3.8, 4) is 0 Å². The number of aryl methyl sites for hydroxylation is 1. The van der Waals surface area contributed by atoms with Gasteiger partial charge in [0, 0.05) is 15.7 Å². The number of benzene rings is 1. The van der Waals surface area contributed by atoms with Gasteiger partial charge in [-0.2, -0.15) is 0 Å². The monoisotopic (exact) mass is 331 g/mol. The average molecular weight is 332 g/mol. The van der Waals surface area contributed by atoms with E-state index in [2.05, 4.69) is 10.3 Å². The molecule has 2 rings (SSSR count). The van der Waals surface area contributed by atoms with E-state index in [0.717, 1.165) is 4.90 Å². The van der Waals surface area contributed by atoms with Gasteiger partial charge in [-0.1, -0.05) is 28.4 Å². The molecule has 0 aliphatic rings. The van der Waals surface area contributed by atoms with E-state index in [-0.39, 0.29) is 5.69 Å². The van der Waals surface area contributed by atoms with E-state index in [0.29, 0.717) is 28.0 Å². The maximum absolute atomic E-state index is 10.9. The maximum Gasteiger partial charge on any atom is 0.358 e. The van der Waals surface area contributed by atoms with Gasteiger partial charge in [-0.05, 0) is 25.1 Å². The third-order valence-electron chi connectivity index (χ3n) is 2.64. The summed E-state index contributed by atoms with van der Waals surface area (Å²) < 4.78 is 1.56. The molecule has 1 heterocycles. The minimum atomic E-state index is -1.07. The molecule has 2 aromatic rings. The van der Waals surface area contributed by atoms with Gasteiger partial charge in [-0.3, -0.25) is 0 Å². The SMILES string of the molecule is Cc1c(C(=O)O)nnn1CCSc1cc(Cl)ccc1Cl. The molecule has 0 atom stereocenters. The highest BCUT2D eigenvalue weighted by Crippen LogP contribution is 2.29. The minimum Gasteiger partial charge on any atom is -0.476 e. The molecule has 8 heteroatoms. The van der Waals surface area contributed by atoms with Gasteiger partial charge in [0.25, 0.3) is 0 Å². The number of nitrogens with zero attached hydrogens (tertiary/aromatic N) is 3. The molecule has 0 radical (unpaired) electrons. The lowest BCUT2D eigenvalue weighted by Gasteiger charge is -2.06. The van der Waals surface area contributed by atoms with Crippen LogP contribution in [0.1, 0.15) is 16.2 Å². The lowest BCUT2D eigenvalue weighted by molar-refractivity contribution is 0.0689. The highest BCUT2D eigenvalue weighted by molar-refractivity contribution is 7.99. The number of carboxylic acids is 1. The second kappa shape index (κ2) is 6.47. The lowest BCUT2D eigenvalue weighted by atomic mass is 10.3. The van der Waals surface area contributed by atoms with Gasteiger partial charge in [0.05, 0.1) is 17.3 Å². The van der Waals surface area contributed by atoms with Crippen molar-refractivity contribution in [2.75, 3.05) is 5.75 Å². The molecule has 0 fully saturated rings. The predicted octanol–water partition coefficient (Wildman–Crippen LogP) is 3.38. The summed E-state index contributed by atoms with van der Waals surface area (Å²) in [7, 11) is 0. The number of halogens is 2. The van der Waals surface area contributed by atoms with Gasteiger partial charge in [0.1, 0.15) is 0 Å². The number of thioether (sulfide) groups is 1. The molecule has 20 heavy (non-hydrogen) atoms. The van der Waals surface area contributed by atoms with E-state index in [1.54, 1.807) is 29.8 Å². The van der Waals surface area contributed by atoms with Crippen LogP contribution >= 0.6 is 35.0 Å². The van der Waals surface area contributed by atoms with Crippen LogP contribution in [0.25, 0.3) is 0 Å². The summed E-state index contributed by atoms with van der Waals surface area (Å²) in [6, 6.07) is 5.27. The fraction of sp³-hybridized carbons (Fsp3) is 0.250. The lowest BCUT2D eigenvalue weighted by Crippen LogP contribution is -2.06. The van der Waals surface area contributed by atoms with E-state index >= 15 is 0 Å². The molecule has 1 N–H and O–H groups in total. The third kappa shape index (κ3) is 3.45. The molecular formula is C12H11Cl2N3O2S. The van der Waals surface area contributed by atoms with E-state index in [1.807, 2.05) is 0 Å². The van der Waals surface area contributed by atoms with Gasteiger partial charge >= 0.3 is 5.97 Å². The summed E-state index contributed by atoms with van der Waals surface area (Å²) in [6.45, 7) is 2.22. The Labute approximate surface area is 129 Å². The molecule has 0 bridgehead atoms. The van der Waals surface area contributed by atoms with Crippen LogP contribution in [-0.2, 0) is 6.54 Å². The van der Waals surface area contributed by atoms with Gasteiger partial charge in [0.15, 0.2) is 5.69 Å². The first kappa shape index (κ1) is 15.2. The predicted molar refractivity (Wildman–Crippen MR) is 78.9 cm³/mol. The first-order valence-electron chi connectivity index (χ1n) is 5.70. The molecule has 0 saturated carbocycles. The van der Waals surface area contributed by atoms with Crippen LogP contribution in [0.4, 0.5) is 0 Å². The largest absolute Gasteiger partial charge is 0.476 e. The standard InChI is InChI=1S/C12H11Cl2N3O2S/c1-7-11(12(18)19)15-16-17(7)4-5-20-10-6-8(13)2-3-9(10)14/h2-3,6H,4-5H2,1H3,(H,18,19). The number of hydrogen-bond donors (Lipinski definition) is 1. The topological polar surface area (TPSA) is 68.0 Å². The smallest absolute Gasteiger partial charge is 0.358 e. The third-order valence-corrected chi connectivity index (χ3v) is 4.35. The summed E-state index contributed by atoms with van der Waals surface area (Å²) in [6.07, 6.45) is 0. The van der Waals surface area contributed by atoms with Crippen LogP contribution in [0.3, 0.4) is 0 Å². The normalized spacial score (nSPS) is 10.8. The highest BCUT2D eigenvalue weighted by atomic mass is 35.5. The number of rotatable bonds is 5. The molecule has 0 spiro atoms. The molecule has 5 nitrogen and oxygen atoms in total. The van der Waals surface area contributed by atoms with E-state index in [9.17, 15) is 4.79 Å². The van der Waals surface area contributed by atoms with Crippen LogP contribution in [-0.4, -0.2) is 31.8 Å². The molecule has 1 aromatic carbocycles. The summed E-state index contributed by atoms with van der Waals surface area (Å²) in [5.74, 6) is -0.386. The van der Waals surface area contributed by atoms with Crippen LogP contribution in [0.15, 0.2) is 23.1 Å². The number of aromatic nitrogens is 3. The average Bonchev–Trinajstić information content (AvgIpc) is 2.75. The van der Waals surface area contributed by atoms with Crippen molar-refractivity contribution in [1.82, 2.24) is 15.0 Å². The first-order chi connectivity index (χ1) is 9.49. The van der Waals surface area contributed by atoms with Gasteiger partial charge in [-0.15, -0.1) is 16.9 Å². The number of aromatic carboxylic acids is 1. The Bertz CT molecular complexity index is 646. The highest BCUT2D eigenvalue weighted by Gasteiger charge is 2.14. The van der Waals surface area contributed by atoms with Crippen LogP contribution in [0.2, 0.25) is 10.0 Å². The molecular weight excluding hydrogens is 321 g/mol. The Balaban J connectivity index is 1.99. The second-order valence-electron chi connectivity index (χ2n) is 3.97. The summed E-state index contributed by atoms with van der Waals surface area (Å²) >= 11 is 13.5. The fourth-order valence-electron chi connectivity index (χ4n) is 1.60. The molecule has 106 valence electrons. The number of hydrogen-bond acceptors (Lipinski definition) is 4. The Morgan fingerprint density at radius 3 is 2.85 bits per heavy atom.